The first-order valence-electron chi connectivity index (χ1n) is 12.4. The van der Waals surface area contributed by atoms with Crippen molar-refractivity contribution in [3.63, 3.8) is 0 Å². The van der Waals surface area contributed by atoms with Crippen molar-refractivity contribution in [2.75, 3.05) is 13.7 Å². The van der Waals surface area contributed by atoms with Crippen molar-refractivity contribution in [1.29, 1.82) is 0 Å². The summed E-state index contributed by atoms with van der Waals surface area (Å²) in [5, 5.41) is 6.52. The van der Waals surface area contributed by atoms with Crippen molar-refractivity contribution in [1.82, 2.24) is 10.2 Å². The van der Waals surface area contributed by atoms with Crippen LogP contribution in [0.25, 0.3) is 21.2 Å². The number of methoxy groups -OCH3 is 1. The van der Waals surface area contributed by atoms with E-state index in [4.69, 9.17) is 14.2 Å². The Labute approximate surface area is 227 Å². The molecule has 0 bridgehead atoms. The number of carbonyl (C=O) groups excluding carboxylic acids is 3. The molecule has 0 saturated heterocycles. The Morgan fingerprint density at radius 1 is 0.921 bits per heavy atom. The van der Waals surface area contributed by atoms with Gasteiger partial charge in [0.2, 0.25) is 0 Å². The summed E-state index contributed by atoms with van der Waals surface area (Å²) < 4.78 is 17.0. The molecule has 9 heteroatoms. The van der Waals surface area contributed by atoms with Crippen LogP contribution in [-0.4, -0.2) is 54.0 Å². The van der Waals surface area contributed by atoms with E-state index in [1.165, 1.54) is 17.2 Å². The lowest BCUT2D eigenvalue weighted by atomic mass is 10.0. The third-order valence-electron chi connectivity index (χ3n) is 5.35. The van der Waals surface area contributed by atoms with E-state index in [0.29, 0.717) is 11.4 Å². The molecule has 0 spiro atoms. The number of fused-ring (bicyclic) bond motifs is 1. The van der Waals surface area contributed by atoms with Crippen LogP contribution in [-0.2, 0) is 25.5 Å². The van der Waals surface area contributed by atoms with Crippen molar-refractivity contribution in [3.05, 3.63) is 59.5 Å². The lowest BCUT2D eigenvalue weighted by Crippen LogP contribution is -2.55. The van der Waals surface area contributed by atoms with Gasteiger partial charge >= 0.3 is 18.2 Å². The molecule has 0 aliphatic carbocycles. The summed E-state index contributed by atoms with van der Waals surface area (Å²) in [5.41, 5.74) is 1.42. The summed E-state index contributed by atoms with van der Waals surface area (Å²) in [6.45, 7) is 10.4. The largest absolute Gasteiger partial charge is 0.467 e. The fourth-order valence-corrected chi connectivity index (χ4v) is 4.74. The number of amides is 2. The number of carbonyl (C=O) groups is 3. The minimum absolute atomic E-state index is 0.0588. The quantitative estimate of drug-likeness (QED) is 0.275. The molecule has 0 aliphatic rings. The van der Waals surface area contributed by atoms with E-state index in [-0.39, 0.29) is 6.54 Å². The molecular weight excluding hydrogens is 504 g/mol. The summed E-state index contributed by atoms with van der Waals surface area (Å²) in [7, 11) is 1.20. The summed E-state index contributed by atoms with van der Waals surface area (Å²) in [5.74, 6) is -0.771. The molecule has 0 saturated carbocycles. The molecular formula is C29H36N2O6S. The standard InChI is InChI=1S/C29H36N2O6S/c1-28(2,3)36-26(33)31(27(34)37-29(4,5)6)23(25(32)35-7)17-30-16-19-11-10-12-20(15-19)22-18-38-24-14-9-8-13-21(22)24/h8-15,18,23,30H,16-17H2,1-7H3. The van der Waals surface area contributed by atoms with Gasteiger partial charge in [0.15, 0.2) is 6.04 Å². The molecule has 38 heavy (non-hydrogen) atoms. The topological polar surface area (TPSA) is 94.2 Å². The third kappa shape index (κ3) is 7.79. The summed E-state index contributed by atoms with van der Waals surface area (Å²) in [6, 6.07) is 15.0. The zero-order valence-electron chi connectivity index (χ0n) is 23.0. The van der Waals surface area contributed by atoms with Crippen LogP contribution in [0.4, 0.5) is 9.59 Å². The van der Waals surface area contributed by atoms with Crippen LogP contribution >= 0.6 is 11.3 Å². The molecule has 2 amide bonds. The Balaban J connectivity index is 1.80. The Morgan fingerprint density at radius 2 is 1.55 bits per heavy atom. The highest BCUT2D eigenvalue weighted by Gasteiger charge is 2.40. The van der Waals surface area contributed by atoms with Gasteiger partial charge in [0.05, 0.1) is 7.11 Å². The minimum Gasteiger partial charge on any atom is -0.467 e. The van der Waals surface area contributed by atoms with Gasteiger partial charge in [-0.2, -0.15) is 4.90 Å². The summed E-state index contributed by atoms with van der Waals surface area (Å²) in [6.07, 6.45) is -1.98. The fourth-order valence-electron chi connectivity index (χ4n) is 3.77. The Hall–Kier alpha value is -3.43. The van der Waals surface area contributed by atoms with Crippen LogP contribution < -0.4 is 5.32 Å². The van der Waals surface area contributed by atoms with E-state index >= 15 is 0 Å². The predicted molar refractivity (Wildman–Crippen MR) is 149 cm³/mol. The summed E-state index contributed by atoms with van der Waals surface area (Å²) in [4.78, 5) is 39.5. The molecule has 1 aromatic heterocycles. The molecule has 1 atom stereocenters. The molecule has 2 aromatic carbocycles. The molecule has 0 aliphatic heterocycles. The number of hydrogen-bond acceptors (Lipinski definition) is 8. The maximum Gasteiger partial charge on any atom is 0.420 e. The number of ether oxygens (including phenoxy) is 3. The maximum atomic E-state index is 13.0. The lowest BCUT2D eigenvalue weighted by Gasteiger charge is -2.32. The van der Waals surface area contributed by atoms with Gasteiger partial charge in [-0.25, -0.2) is 14.4 Å². The molecule has 1 N–H and O–H groups in total. The maximum absolute atomic E-state index is 13.0. The second kappa shape index (κ2) is 12.0. The average Bonchev–Trinajstić information content (AvgIpc) is 3.25. The predicted octanol–water partition coefficient (Wildman–Crippen LogP) is 6.37. The number of hydrogen-bond donors (Lipinski definition) is 1. The number of nitrogens with one attached hydrogen (secondary N) is 1. The fraction of sp³-hybridized carbons (Fsp3) is 0.414. The van der Waals surface area contributed by atoms with Crippen LogP contribution in [0.5, 0.6) is 0 Å². The van der Waals surface area contributed by atoms with Crippen LogP contribution in [0.2, 0.25) is 0 Å². The van der Waals surface area contributed by atoms with Gasteiger partial charge in [0.25, 0.3) is 0 Å². The van der Waals surface area contributed by atoms with Gasteiger partial charge in [-0.05, 0) is 70.2 Å². The molecule has 3 aromatic rings. The second-order valence-electron chi connectivity index (χ2n) is 10.8. The Kier molecular flexibility index (Phi) is 9.17. The Morgan fingerprint density at radius 3 is 2.16 bits per heavy atom. The molecule has 1 unspecified atom stereocenters. The van der Waals surface area contributed by atoms with Gasteiger partial charge < -0.3 is 19.5 Å². The van der Waals surface area contributed by atoms with Gasteiger partial charge in [-0.15, -0.1) is 11.3 Å². The van der Waals surface area contributed by atoms with E-state index in [2.05, 4.69) is 35.0 Å². The van der Waals surface area contributed by atoms with Crippen molar-refractivity contribution >= 4 is 39.6 Å². The van der Waals surface area contributed by atoms with E-state index < -0.39 is 35.4 Å². The SMILES string of the molecule is COC(=O)C(CNCc1cccc(-c2csc3ccccc23)c1)N(C(=O)OC(C)(C)C)C(=O)OC(C)(C)C. The first kappa shape index (κ1) is 29.1. The van der Waals surface area contributed by atoms with Crippen LogP contribution in [0.1, 0.15) is 47.1 Å². The van der Waals surface area contributed by atoms with Gasteiger partial charge in [0.1, 0.15) is 11.2 Å². The molecule has 0 radical (unpaired) electrons. The molecule has 204 valence electrons. The highest BCUT2D eigenvalue weighted by atomic mass is 32.1. The van der Waals surface area contributed by atoms with Gasteiger partial charge in [0, 0.05) is 28.7 Å². The smallest absolute Gasteiger partial charge is 0.420 e. The van der Waals surface area contributed by atoms with E-state index in [0.717, 1.165) is 16.7 Å². The van der Waals surface area contributed by atoms with Crippen molar-refractivity contribution in [2.45, 2.75) is 65.3 Å². The van der Waals surface area contributed by atoms with Gasteiger partial charge in [-0.3, -0.25) is 0 Å². The first-order chi connectivity index (χ1) is 17.8. The Bertz CT molecular complexity index is 1260. The van der Waals surface area contributed by atoms with Crippen molar-refractivity contribution in [3.8, 4) is 11.1 Å². The first-order valence-corrected chi connectivity index (χ1v) is 13.3. The number of esters is 1. The van der Waals surface area contributed by atoms with Crippen LogP contribution in [0.3, 0.4) is 0 Å². The number of nitrogens with zero attached hydrogens (tertiary/aromatic N) is 1. The molecule has 0 fully saturated rings. The van der Waals surface area contributed by atoms with E-state index in [1.54, 1.807) is 52.9 Å². The van der Waals surface area contributed by atoms with E-state index in [9.17, 15) is 14.4 Å². The third-order valence-corrected chi connectivity index (χ3v) is 6.31. The number of imide groups is 1. The van der Waals surface area contributed by atoms with E-state index in [1.807, 2.05) is 24.3 Å². The second-order valence-corrected chi connectivity index (χ2v) is 11.8. The summed E-state index contributed by atoms with van der Waals surface area (Å²) >= 11 is 1.70. The highest BCUT2D eigenvalue weighted by Crippen LogP contribution is 2.34. The minimum atomic E-state index is -1.30. The highest BCUT2D eigenvalue weighted by molar-refractivity contribution is 7.17. The molecule has 1 heterocycles. The lowest BCUT2D eigenvalue weighted by molar-refractivity contribution is -0.146. The van der Waals surface area contributed by atoms with Crippen LogP contribution in [0.15, 0.2) is 53.9 Å². The zero-order chi connectivity index (χ0) is 28.1. The number of rotatable bonds is 7. The average molecular weight is 541 g/mol. The monoisotopic (exact) mass is 540 g/mol. The van der Waals surface area contributed by atoms with Gasteiger partial charge in [-0.1, -0.05) is 36.4 Å². The van der Waals surface area contributed by atoms with Crippen LogP contribution in [0, 0.1) is 0 Å². The number of thiophene rings is 1. The molecule has 8 nitrogen and oxygen atoms in total. The number of benzene rings is 2. The normalized spacial score (nSPS) is 12.6. The van der Waals surface area contributed by atoms with Crippen molar-refractivity contribution in [2.24, 2.45) is 0 Å². The zero-order valence-corrected chi connectivity index (χ0v) is 23.8. The molecule has 3 rings (SSSR count). The van der Waals surface area contributed by atoms with Crippen molar-refractivity contribution < 1.29 is 28.6 Å².